The van der Waals surface area contributed by atoms with E-state index >= 15 is 0 Å². The minimum atomic E-state index is -1.46. The number of hydrogen-bond donors (Lipinski definition) is 6. The molecule has 0 bridgehead atoms. The van der Waals surface area contributed by atoms with Crippen molar-refractivity contribution in [2.45, 2.75) is 117 Å². The standard InChI is InChI=1S/2C24H26F2N2O5/c2*1-22(2)7-4-8-23(3)20(31)17-19(30)18(29)15(11-28(17)12-24(22,23)33)21(32)27-10-13-5-6-14(25)9-16(13)26/h2*5-6,9,11,30,33H,4,7-8,10,12H2,1-3H3,(H,27,32)/t2*23-,24+/m10/s1. The second kappa shape index (κ2) is 16.3. The van der Waals surface area contributed by atoms with Gasteiger partial charge in [0, 0.05) is 48.7 Å². The van der Waals surface area contributed by atoms with Crippen LogP contribution in [-0.2, 0) is 26.2 Å². The molecular formula is C48H52F4N4O10. The number of carbonyl (C=O) groups is 4. The van der Waals surface area contributed by atoms with Gasteiger partial charge in [0.05, 0.1) is 23.9 Å². The molecule has 0 spiro atoms. The average Bonchev–Trinajstić information content (AvgIpc) is 3.23. The topological polar surface area (TPSA) is 217 Å². The van der Waals surface area contributed by atoms with Crippen LogP contribution in [0.25, 0.3) is 0 Å². The maximum atomic E-state index is 13.9. The summed E-state index contributed by atoms with van der Waals surface area (Å²) in [6.07, 6.45) is 5.90. The quantitative estimate of drug-likeness (QED) is 0.128. The number of rotatable bonds is 6. The van der Waals surface area contributed by atoms with E-state index in [-0.39, 0.29) is 48.7 Å². The number of Topliss-reactive ketones (excluding diaryl/α,β-unsaturated/α-hetero) is 2. The molecular weight excluding hydrogens is 869 g/mol. The van der Waals surface area contributed by atoms with Crippen LogP contribution in [0.1, 0.15) is 133 Å². The SMILES string of the molecule is CC1(C)CCC[C@@]2(C)C(=O)c3c(O)c(=O)c(C(=O)NCc4ccc(F)cc4F)cn3C[C@@]12O.CC1(C)CCC[C@]2(C)C(=O)c3c(O)c(=O)c(C(=O)NCc4ccc(F)cc4F)cn3C[C@]12O. The Morgan fingerprint density at radius 3 is 1.27 bits per heavy atom. The molecule has 0 radical (unpaired) electrons. The fourth-order valence-corrected chi connectivity index (χ4v) is 10.7. The van der Waals surface area contributed by atoms with Crippen LogP contribution >= 0.6 is 0 Å². The summed E-state index contributed by atoms with van der Waals surface area (Å²) in [6, 6.07) is 5.77. The molecule has 4 aromatic rings. The van der Waals surface area contributed by atoms with E-state index in [1.807, 2.05) is 27.7 Å². The summed E-state index contributed by atoms with van der Waals surface area (Å²) in [6.45, 7) is 9.99. The molecule has 4 atom stereocenters. The molecule has 2 aliphatic heterocycles. The Bertz CT molecular complexity index is 2670. The highest BCUT2D eigenvalue weighted by atomic mass is 19.1. The number of hydrogen-bond acceptors (Lipinski definition) is 10. The van der Waals surface area contributed by atoms with Gasteiger partial charge in [-0.05, 0) is 62.5 Å². The van der Waals surface area contributed by atoms with Gasteiger partial charge in [0.25, 0.3) is 11.8 Å². The summed E-state index contributed by atoms with van der Waals surface area (Å²) in [5.74, 6) is -7.83. The lowest BCUT2D eigenvalue weighted by molar-refractivity contribution is -0.179. The first-order chi connectivity index (χ1) is 30.6. The third-order valence-electron chi connectivity index (χ3n) is 15.2. The maximum Gasteiger partial charge on any atom is 0.257 e. The molecule has 2 aliphatic carbocycles. The van der Waals surface area contributed by atoms with E-state index in [4.69, 9.17) is 0 Å². The Morgan fingerprint density at radius 1 is 0.591 bits per heavy atom. The van der Waals surface area contributed by atoms with E-state index in [9.17, 15) is 66.8 Å². The van der Waals surface area contributed by atoms with Crippen LogP contribution < -0.4 is 21.5 Å². The Hall–Kier alpha value is -6.14. The van der Waals surface area contributed by atoms with Gasteiger partial charge >= 0.3 is 0 Å². The largest absolute Gasteiger partial charge is 0.503 e. The van der Waals surface area contributed by atoms with E-state index < -0.39 is 113 Å². The number of benzene rings is 2. The third kappa shape index (κ3) is 7.32. The van der Waals surface area contributed by atoms with E-state index in [1.54, 1.807) is 13.8 Å². The minimum absolute atomic E-state index is 0.0104. The van der Waals surface area contributed by atoms with Gasteiger partial charge in [0.15, 0.2) is 23.1 Å². The highest BCUT2D eigenvalue weighted by Crippen LogP contribution is 2.59. The second-order valence-corrected chi connectivity index (χ2v) is 19.7. The van der Waals surface area contributed by atoms with E-state index in [0.29, 0.717) is 50.7 Å². The lowest BCUT2D eigenvalue weighted by atomic mass is 9.50. The molecule has 2 fully saturated rings. The number of ketones is 2. The molecule has 4 aliphatic rings. The molecule has 4 heterocycles. The molecule has 2 saturated carbocycles. The van der Waals surface area contributed by atoms with E-state index in [1.165, 1.54) is 21.3 Å². The molecule has 18 heteroatoms. The zero-order valence-electron chi connectivity index (χ0n) is 37.3. The van der Waals surface area contributed by atoms with Crippen LogP contribution in [-0.4, -0.2) is 64.1 Å². The van der Waals surface area contributed by atoms with Crippen molar-refractivity contribution in [1.82, 2.24) is 19.8 Å². The lowest BCUT2D eigenvalue weighted by Crippen LogP contribution is -2.67. The number of pyridine rings is 2. The van der Waals surface area contributed by atoms with Crippen molar-refractivity contribution < 1.29 is 57.2 Å². The van der Waals surface area contributed by atoms with Crippen molar-refractivity contribution >= 4 is 23.4 Å². The Kier molecular flexibility index (Phi) is 11.8. The first kappa shape index (κ1) is 47.8. The zero-order valence-corrected chi connectivity index (χ0v) is 37.3. The van der Waals surface area contributed by atoms with Crippen LogP contribution in [0.15, 0.2) is 58.4 Å². The van der Waals surface area contributed by atoms with Crippen LogP contribution in [0.2, 0.25) is 0 Å². The number of nitrogens with one attached hydrogen (secondary N) is 2. The number of aliphatic hydroxyl groups is 2. The van der Waals surface area contributed by atoms with Crippen LogP contribution in [0.3, 0.4) is 0 Å². The molecule has 352 valence electrons. The van der Waals surface area contributed by atoms with E-state index in [0.717, 1.165) is 24.5 Å². The fraction of sp³-hybridized carbons (Fsp3) is 0.458. The number of carbonyl (C=O) groups excluding carboxylic acids is 4. The van der Waals surface area contributed by atoms with Crippen LogP contribution in [0, 0.1) is 44.9 Å². The number of fused-ring (bicyclic) bond motifs is 4. The monoisotopic (exact) mass is 920 g/mol. The highest BCUT2D eigenvalue weighted by molar-refractivity contribution is 6.05. The lowest BCUT2D eigenvalue weighted by Gasteiger charge is -2.59. The van der Waals surface area contributed by atoms with Crippen molar-refractivity contribution in [3.05, 3.63) is 126 Å². The molecule has 6 N–H and O–H groups in total. The summed E-state index contributed by atoms with van der Waals surface area (Å²) in [4.78, 5) is 77.8. The highest BCUT2D eigenvalue weighted by Gasteiger charge is 2.66. The van der Waals surface area contributed by atoms with Gasteiger partial charge in [-0.25, -0.2) is 17.6 Å². The number of halogens is 4. The molecule has 0 unspecified atom stereocenters. The smallest absolute Gasteiger partial charge is 0.257 e. The van der Waals surface area contributed by atoms with Crippen molar-refractivity contribution in [1.29, 1.82) is 0 Å². The molecule has 2 amide bonds. The van der Waals surface area contributed by atoms with Crippen molar-refractivity contribution in [2.24, 2.45) is 21.7 Å². The maximum absolute atomic E-state index is 13.9. The minimum Gasteiger partial charge on any atom is -0.503 e. The molecule has 66 heavy (non-hydrogen) atoms. The van der Waals surface area contributed by atoms with Gasteiger partial charge in [0.1, 0.15) is 57.0 Å². The van der Waals surface area contributed by atoms with Gasteiger partial charge in [-0.15, -0.1) is 0 Å². The normalized spacial score (nSPS) is 25.8. The van der Waals surface area contributed by atoms with Gasteiger partial charge in [-0.2, -0.15) is 0 Å². The molecule has 0 saturated heterocycles. The van der Waals surface area contributed by atoms with E-state index in [2.05, 4.69) is 10.6 Å². The molecule has 2 aromatic carbocycles. The third-order valence-corrected chi connectivity index (χ3v) is 15.2. The van der Waals surface area contributed by atoms with Crippen molar-refractivity contribution in [3.8, 4) is 11.5 Å². The summed E-state index contributed by atoms with van der Waals surface area (Å²) < 4.78 is 56.4. The summed E-state index contributed by atoms with van der Waals surface area (Å²) >= 11 is 0. The Labute approximate surface area is 376 Å². The first-order valence-electron chi connectivity index (χ1n) is 21.6. The Morgan fingerprint density at radius 2 is 0.939 bits per heavy atom. The number of aromatic hydroxyl groups is 2. The van der Waals surface area contributed by atoms with Crippen LogP contribution in [0.4, 0.5) is 17.6 Å². The predicted molar refractivity (Wildman–Crippen MR) is 230 cm³/mol. The van der Waals surface area contributed by atoms with Gasteiger partial charge in [-0.1, -0.05) is 52.7 Å². The Balaban J connectivity index is 0.000000196. The van der Waals surface area contributed by atoms with Gasteiger partial charge < -0.3 is 40.2 Å². The van der Waals surface area contributed by atoms with Gasteiger partial charge in [0.2, 0.25) is 10.9 Å². The van der Waals surface area contributed by atoms with Crippen molar-refractivity contribution in [2.75, 3.05) is 0 Å². The molecule has 2 aromatic heterocycles. The zero-order chi connectivity index (χ0) is 48.7. The number of amides is 2. The number of nitrogens with zero attached hydrogens (tertiary/aromatic N) is 2. The summed E-state index contributed by atoms with van der Waals surface area (Å²) in [7, 11) is 0. The first-order valence-corrected chi connectivity index (χ1v) is 21.6. The average molecular weight is 921 g/mol. The summed E-state index contributed by atoms with van der Waals surface area (Å²) in [5.41, 5.74) is -9.98. The predicted octanol–water partition coefficient (Wildman–Crippen LogP) is 5.81. The molecule has 14 nitrogen and oxygen atoms in total. The molecule has 8 rings (SSSR count). The van der Waals surface area contributed by atoms with Gasteiger partial charge in [-0.3, -0.25) is 28.8 Å². The second-order valence-electron chi connectivity index (χ2n) is 19.7. The van der Waals surface area contributed by atoms with Crippen molar-refractivity contribution in [3.63, 3.8) is 0 Å². The van der Waals surface area contributed by atoms with Crippen LogP contribution in [0.5, 0.6) is 11.5 Å². The fourth-order valence-electron chi connectivity index (χ4n) is 10.7. The summed E-state index contributed by atoms with van der Waals surface area (Å²) in [5, 5.41) is 49.4. The number of aromatic nitrogens is 2.